The molecule has 0 unspecified atom stereocenters. The van der Waals surface area contributed by atoms with Crippen molar-refractivity contribution in [2.24, 2.45) is 0 Å². The molecular formula is C14H17N3O3. The third kappa shape index (κ3) is 2.79. The predicted molar refractivity (Wildman–Crippen MR) is 73.9 cm³/mol. The fraction of sp³-hybridized carbons (Fsp3) is 0.357. The number of carboxylic acids is 1. The average molecular weight is 275 g/mol. The van der Waals surface area contributed by atoms with Crippen molar-refractivity contribution in [3.8, 4) is 0 Å². The molecule has 1 amide bonds. The average Bonchev–Trinajstić information content (AvgIpc) is 2.74. The number of amides is 1. The highest BCUT2D eigenvalue weighted by atomic mass is 16.4. The third-order valence-electron chi connectivity index (χ3n) is 3.18. The smallest absolute Gasteiger partial charge is 0.305 e. The van der Waals surface area contributed by atoms with Gasteiger partial charge in [-0.05, 0) is 25.5 Å². The van der Waals surface area contributed by atoms with E-state index in [0.717, 1.165) is 23.5 Å². The number of carbonyl (C=O) groups excluding carboxylic acids is 1. The number of nitrogens with one attached hydrogen (secondary N) is 1. The molecule has 106 valence electrons. The summed E-state index contributed by atoms with van der Waals surface area (Å²) in [6.45, 7) is 4.12. The van der Waals surface area contributed by atoms with Crippen molar-refractivity contribution >= 4 is 17.5 Å². The van der Waals surface area contributed by atoms with Crippen molar-refractivity contribution in [3.63, 3.8) is 0 Å². The SMILES string of the molecule is CCc1nc2ccc(C(=O)NCCC(=O)O)cn2c1C. The van der Waals surface area contributed by atoms with E-state index in [1.807, 2.05) is 18.2 Å². The number of pyridine rings is 1. The van der Waals surface area contributed by atoms with Crippen molar-refractivity contribution in [2.75, 3.05) is 6.54 Å². The van der Waals surface area contributed by atoms with E-state index in [1.165, 1.54) is 0 Å². The molecule has 0 aliphatic carbocycles. The quantitative estimate of drug-likeness (QED) is 0.864. The van der Waals surface area contributed by atoms with Gasteiger partial charge in [0.25, 0.3) is 5.91 Å². The van der Waals surface area contributed by atoms with Gasteiger partial charge in [-0.1, -0.05) is 6.92 Å². The Bertz CT molecular complexity index is 661. The summed E-state index contributed by atoms with van der Waals surface area (Å²) in [4.78, 5) is 26.8. The van der Waals surface area contributed by atoms with Crippen LogP contribution in [0.25, 0.3) is 5.65 Å². The largest absolute Gasteiger partial charge is 0.481 e. The molecule has 0 aromatic carbocycles. The summed E-state index contributed by atoms with van der Waals surface area (Å²) in [5.74, 6) is -1.21. The van der Waals surface area contributed by atoms with Crippen LogP contribution in [0.2, 0.25) is 0 Å². The fourth-order valence-corrected chi connectivity index (χ4v) is 2.07. The van der Waals surface area contributed by atoms with Gasteiger partial charge in [-0.2, -0.15) is 0 Å². The molecule has 0 saturated heterocycles. The Morgan fingerprint density at radius 2 is 2.15 bits per heavy atom. The predicted octanol–water partition coefficient (Wildman–Crippen LogP) is 1.41. The minimum absolute atomic E-state index is 0.0852. The first kappa shape index (κ1) is 14.0. The lowest BCUT2D eigenvalue weighted by molar-refractivity contribution is -0.136. The Kier molecular flexibility index (Phi) is 4.02. The molecule has 0 saturated carbocycles. The van der Waals surface area contributed by atoms with Crippen molar-refractivity contribution < 1.29 is 14.7 Å². The van der Waals surface area contributed by atoms with Crippen LogP contribution in [-0.4, -0.2) is 32.9 Å². The summed E-state index contributed by atoms with van der Waals surface area (Å²) in [7, 11) is 0. The zero-order chi connectivity index (χ0) is 14.7. The van der Waals surface area contributed by atoms with Gasteiger partial charge in [0.2, 0.25) is 0 Å². The molecule has 0 bridgehead atoms. The first-order chi connectivity index (χ1) is 9.52. The number of nitrogens with zero attached hydrogens (tertiary/aromatic N) is 2. The van der Waals surface area contributed by atoms with Gasteiger partial charge in [-0.15, -0.1) is 0 Å². The van der Waals surface area contributed by atoms with Crippen LogP contribution in [0.3, 0.4) is 0 Å². The highest BCUT2D eigenvalue weighted by molar-refractivity contribution is 5.94. The first-order valence-corrected chi connectivity index (χ1v) is 6.50. The van der Waals surface area contributed by atoms with Gasteiger partial charge >= 0.3 is 5.97 Å². The van der Waals surface area contributed by atoms with E-state index in [0.29, 0.717) is 5.56 Å². The molecule has 0 spiro atoms. The van der Waals surface area contributed by atoms with Crippen molar-refractivity contribution in [3.05, 3.63) is 35.3 Å². The van der Waals surface area contributed by atoms with Gasteiger partial charge in [-0.3, -0.25) is 9.59 Å². The highest BCUT2D eigenvalue weighted by Crippen LogP contribution is 2.13. The van der Waals surface area contributed by atoms with Crippen LogP contribution >= 0.6 is 0 Å². The van der Waals surface area contributed by atoms with Crippen molar-refractivity contribution in [2.45, 2.75) is 26.7 Å². The Morgan fingerprint density at radius 3 is 2.80 bits per heavy atom. The van der Waals surface area contributed by atoms with Crippen molar-refractivity contribution in [1.29, 1.82) is 0 Å². The maximum atomic E-state index is 11.9. The summed E-state index contributed by atoms with van der Waals surface area (Å²) >= 11 is 0. The van der Waals surface area contributed by atoms with Crippen LogP contribution in [0.15, 0.2) is 18.3 Å². The number of carbonyl (C=O) groups is 2. The monoisotopic (exact) mass is 275 g/mol. The number of imidazole rings is 1. The van der Waals surface area contributed by atoms with Crippen molar-refractivity contribution in [1.82, 2.24) is 14.7 Å². The number of carboxylic acid groups (broad SMARTS) is 1. The van der Waals surface area contributed by atoms with Crippen LogP contribution in [0.5, 0.6) is 0 Å². The molecule has 2 rings (SSSR count). The number of hydrogen-bond acceptors (Lipinski definition) is 3. The summed E-state index contributed by atoms with van der Waals surface area (Å²) < 4.78 is 1.88. The second-order valence-corrected chi connectivity index (χ2v) is 4.54. The van der Waals surface area contributed by atoms with Gasteiger partial charge in [-0.25, -0.2) is 4.98 Å². The van der Waals surface area contributed by atoms with Gasteiger partial charge in [0.1, 0.15) is 5.65 Å². The summed E-state index contributed by atoms with van der Waals surface area (Å²) in [5.41, 5.74) is 3.32. The van der Waals surface area contributed by atoms with E-state index in [4.69, 9.17) is 5.11 Å². The maximum absolute atomic E-state index is 11.9. The molecule has 2 heterocycles. The number of aliphatic carboxylic acids is 1. The maximum Gasteiger partial charge on any atom is 0.305 e. The Labute approximate surface area is 116 Å². The molecule has 2 N–H and O–H groups in total. The van der Waals surface area contributed by atoms with E-state index in [9.17, 15) is 9.59 Å². The fourth-order valence-electron chi connectivity index (χ4n) is 2.07. The standard InChI is InChI=1S/C14H17N3O3/c1-3-11-9(2)17-8-10(4-5-12(17)16-11)14(20)15-7-6-13(18)19/h4-5,8H,3,6-7H2,1-2H3,(H,15,20)(H,18,19). The van der Waals surface area contributed by atoms with E-state index in [1.54, 1.807) is 18.3 Å². The molecule has 0 atom stereocenters. The van der Waals surface area contributed by atoms with Crippen LogP contribution in [-0.2, 0) is 11.2 Å². The van der Waals surface area contributed by atoms with E-state index < -0.39 is 5.97 Å². The molecule has 6 nitrogen and oxygen atoms in total. The number of hydrogen-bond donors (Lipinski definition) is 2. The molecule has 0 aliphatic rings. The second kappa shape index (κ2) is 5.73. The normalized spacial score (nSPS) is 10.7. The highest BCUT2D eigenvalue weighted by Gasteiger charge is 2.10. The summed E-state index contributed by atoms with van der Waals surface area (Å²) in [6.07, 6.45) is 2.48. The minimum atomic E-state index is -0.932. The van der Waals surface area contributed by atoms with Crippen LogP contribution in [0, 0.1) is 6.92 Å². The van der Waals surface area contributed by atoms with E-state index in [-0.39, 0.29) is 18.9 Å². The number of rotatable bonds is 5. The van der Waals surface area contributed by atoms with Crippen LogP contribution in [0.4, 0.5) is 0 Å². The Balaban J connectivity index is 2.20. The van der Waals surface area contributed by atoms with Gasteiger partial charge in [0.15, 0.2) is 0 Å². The molecule has 20 heavy (non-hydrogen) atoms. The molecule has 0 radical (unpaired) electrons. The summed E-state index contributed by atoms with van der Waals surface area (Å²) in [5, 5.41) is 11.1. The zero-order valence-electron chi connectivity index (χ0n) is 11.5. The third-order valence-corrected chi connectivity index (χ3v) is 3.18. The van der Waals surface area contributed by atoms with E-state index >= 15 is 0 Å². The zero-order valence-corrected chi connectivity index (χ0v) is 11.5. The minimum Gasteiger partial charge on any atom is -0.481 e. The number of aromatic nitrogens is 2. The van der Waals surface area contributed by atoms with Crippen LogP contribution in [0.1, 0.15) is 35.1 Å². The lowest BCUT2D eigenvalue weighted by Crippen LogP contribution is -2.26. The molecule has 2 aromatic rings. The topological polar surface area (TPSA) is 83.7 Å². The lowest BCUT2D eigenvalue weighted by atomic mass is 10.2. The number of fused-ring (bicyclic) bond motifs is 1. The summed E-state index contributed by atoms with van der Waals surface area (Å²) in [6, 6.07) is 3.48. The molecule has 6 heteroatoms. The Hall–Kier alpha value is -2.37. The molecular weight excluding hydrogens is 258 g/mol. The van der Waals surface area contributed by atoms with Gasteiger partial charge in [0, 0.05) is 18.4 Å². The molecule has 2 aromatic heterocycles. The second-order valence-electron chi connectivity index (χ2n) is 4.54. The van der Waals surface area contributed by atoms with Gasteiger partial charge in [0.05, 0.1) is 17.7 Å². The molecule has 0 aliphatic heterocycles. The van der Waals surface area contributed by atoms with Crippen LogP contribution < -0.4 is 5.32 Å². The Morgan fingerprint density at radius 1 is 1.40 bits per heavy atom. The number of aryl methyl sites for hydroxylation is 2. The lowest BCUT2D eigenvalue weighted by Gasteiger charge is -2.05. The molecule has 0 fully saturated rings. The van der Waals surface area contributed by atoms with E-state index in [2.05, 4.69) is 10.3 Å². The van der Waals surface area contributed by atoms with Gasteiger partial charge < -0.3 is 14.8 Å². The first-order valence-electron chi connectivity index (χ1n) is 6.50.